The Bertz CT molecular complexity index is 248. The predicted octanol–water partition coefficient (Wildman–Crippen LogP) is 1.01. The molecule has 2 fully saturated rings. The molecule has 0 atom stereocenters. The highest BCUT2D eigenvalue weighted by molar-refractivity contribution is 5.78. The molecule has 1 N–H and O–H groups in total. The number of rotatable bonds is 6. The van der Waals surface area contributed by atoms with Gasteiger partial charge in [-0.2, -0.15) is 0 Å². The number of carbonyl (C=O) groups excluding carboxylic acids is 1. The zero-order valence-corrected chi connectivity index (χ0v) is 10.8. The first-order chi connectivity index (χ1) is 8.31. The Morgan fingerprint density at radius 3 is 2.59 bits per heavy atom. The van der Waals surface area contributed by atoms with Crippen molar-refractivity contribution in [1.29, 1.82) is 0 Å². The number of nitrogens with zero attached hydrogens (tertiary/aromatic N) is 1. The fraction of sp³-hybridized carbons (Fsp3) is 0.923. The van der Waals surface area contributed by atoms with Gasteiger partial charge in [0.15, 0.2) is 0 Å². The quantitative estimate of drug-likeness (QED) is 0.753. The van der Waals surface area contributed by atoms with Crippen LogP contribution in [0.5, 0.6) is 0 Å². The Morgan fingerprint density at radius 2 is 2.00 bits per heavy atom. The van der Waals surface area contributed by atoms with Crippen molar-refractivity contribution >= 4 is 5.91 Å². The van der Waals surface area contributed by atoms with Crippen LogP contribution in [0, 0.1) is 5.92 Å². The lowest BCUT2D eigenvalue weighted by molar-refractivity contribution is -0.137. The number of piperidine rings is 1. The molecular formula is C13H24N2O2. The molecule has 0 bridgehead atoms. The van der Waals surface area contributed by atoms with Crippen molar-refractivity contribution in [3.63, 3.8) is 0 Å². The van der Waals surface area contributed by atoms with Gasteiger partial charge in [0.1, 0.15) is 6.61 Å². The van der Waals surface area contributed by atoms with Gasteiger partial charge in [-0.15, -0.1) is 0 Å². The zero-order chi connectivity index (χ0) is 12.1. The van der Waals surface area contributed by atoms with Crippen molar-refractivity contribution in [2.75, 3.05) is 32.8 Å². The van der Waals surface area contributed by atoms with Gasteiger partial charge in [0.2, 0.25) is 5.91 Å². The van der Waals surface area contributed by atoms with E-state index in [4.69, 9.17) is 4.74 Å². The van der Waals surface area contributed by atoms with Crippen molar-refractivity contribution in [2.24, 2.45) is 5.92 Å². The highest BCUT2D eigenvalue weighted by atomic mass is 16.5. The first-order valence-corrected chi connectivity index (χ1v) is 6.89. The summed E-state index contributed by atoms with van der Waals surface area (Å²) in [5, 5.41) is 3.37. The molecule has 98 valence electrons. The second-order valence-corrected chi connectivity index (χ2v) is 5.11. The molecule has 0 spiro atoms. The molecule has 17 heavy (non-hydrogen) atoms. The van der Waals surface area contributed by atoms with E-state index in [0.29, 0.717) is 18.6 Å². The zero-order valence-electron chi connectivity index (χ0n) is 10.8. The summed E-state index contributed by atoms with van der Waals surface area (Å²) in [4.78, 5) is 14.1. The van der Waals surface area contributed by atoms with Gasteiger partial charge in [-0.05, 0) is 51.6 Å². The van der Waals surface area contributed by atoms with Crippen LogP contribution in [0.3, 0.4) is 0 Å². The molecule has 1 heterocycles. The van der Waals surface area contributed by atoms with Crippen molar-refractivity contribution in [1.82, 2.24) is 10.2 Å². The summed E-state index contributed by atoms with van der Waals surface area (Å²) in [6, 6.07) is 0.512. The van der Waals surface area contributed by atoms with E-state index in [0.717, 1.165) is 19.6 Å². The Balaban J connectivity index is 1.81. The summed E-state index contributed by atoms with van der Waals surface area (Å²) < 4.78 is 5.24. The van der Waals surface area contributed by atoms with Crippen molar-refractivity contribution in [2.45, 2.75) is 38.6 Å². The average Bonchev–Trinajstić information content (AvgIpc) is 3.18. The van der Waals surface area contributed by atoms with E-state index in [1.165, 1.54) is 25.7 Å². The van der Waals surface area contributed by atoms with Crippen molar-refractivity contribution < 1.29 is 9.53 Å². The molecule has 0 aromatic rings. The van der Waals surface area contributed by atoms with Gasteiger partial charge < -0.3 is 15.0 Å². The van der Waals surface area contributed by atoms with Crippen LogP contribution < -0.4 is 5.32 Å². The van der Waals surface area contributed by atoms with Gasteiger partial charge in [0, 0.05) is 19.2 Å². The molecule has 2 aliphatic rings. The van der Waals surface area contributed by atoms with Gasteiger partial charge in [-0.25, -0.2) is 0 Å². The summed E-state index contributed by atoms with van der Waals surface area (Å²) in [6.45, 7) is 5.96. The monoisotopic (exact) mass is 240 g/mol. The Kier molecular flexibility index (Phi) is 4.80. The largest absolute Gasteiger partial charge is 0.372 e. The minimum absolute atomic E-state index is 0.188. The number of hydrogen-bond acceptors (Lipinski definition) is 3. The maximum absolute atomic E-state index is 12.0. The van der Waals surface area contributed by atoms with E-state index in [-0.39, 0.29) is 12.5 Å². The Morgan fingerprint density at radius 1 is 1.29 bits per heavy atom. The molecule has 0 radical (unpaired) electrons. The fourth-order valence-corrected chi connectivity index (χ4v) is 2.46. The smallest absolute Gasteiger partial charge is 0.248 e. The number of ether oxygens (including phenoxy) is 1. The van der Waals surface area contributed by atoms with Gasteiger partial charge in [-0.1, -0.05) is 0 Å². The van der Waals surface area contributed by atoms with Crippen LogP contribution in [0.15, 0.2) is 0 Å². The van der Waals surface area contributed by atoms with Crippen LogP contribution in [0.25, 0.3) is 0 Å². The van der Waals surface area contributed by atoms with Crippen LogP contribution in [0.1, 0.15) is 32.6 Å². The minimum atomic E-state index is 0.188. The molecule has 1 aliphatic heterocycles. The van der Waals surface area contributed by atoms with E-state index in [2.05, 4.69) is 10.2 Å². The van der Waals surface area contributed by atoms with E-state index in [1.54, 1.807) is 0 Å². The standard InChI is InChI=1S/C13H24N2O2/c1-2-17-10-13(16)15(12-3-4-12)9-11-5-7-14-8-6-11/h11-12,14H,2-10H2,1H3. The summed E-state index contributed by atoms with van der Waals surface area (Å²) in [5.74, 6) is 0.871. The van der Waals surface area contributed by atoms with Crippen LogP contribution in [-0.4, -0.2) is 49.7 Å². The van der Waals surface area contributed by atoms with Crippen molar-refractivity contribution in [3.8, 4) is 0 Å². The number of nitrogens with one attached hydrogen (secondary N) is 1. The fourth-order valence-electron chi connectivity index (χ4n) is 2.46. The van der Waals surface area contributed by atoms with E-state index < -0.39 is 0 Å². The molecule has 0 aromatic heterocycles. The topological polar surface area (TPSA) is 41.6 Å². The molecule has 2 rings (SSSR count). The molecular weight excluding hydrogens is 216 g/mol. The maximum Gasteiger partial charge on any atom is 0.248 e. The lowest BCUT2D eigenvalue weighted by Gasteiger charge is -2.30. The minimum Gasteiger partial charge on any atom is -0.372 e. The van der Waals surface area contributed by atoms with Gasteiger partial charge in [-0.3, -0.25) is 4.79 Å². The third-order valence-electron chi connectivity index (χ3n) is 3.65. The number of amides is 1. The first kappa shape index (κ1) is 12.8. The summed E-state index contributed by atoms with van der Waals surface area (Å²) in [5.41, 5.74) is 0. The first-order valence-electron chi connectivity index (χ1n) is 6.89. The van der Waals surface area contributed by atoms with Crippen molar-refractivity contribution in [3.05, 3.63) is 0 Å². The van der Waals surface area contributed by atoms with Crippen LogP contribution in [0.2, 0.25) is 0 Å². The summed E-state index contributed by atoms with van der Waals surface area (Å²) in [7, 11) is 0. The van der Waals surface area contributed by atoms with E-state index in [1.807, 2.05) is 6.92 Å². The SMILES string of the molecule is CCOCC(=O)N(CC1CCNCC1)C1CC1. The normalized spacial score (nSPS) is 21.5. The van der Waals surface area contributed by atoms with Gasteiger partial charge in [0.05, 0.1) is 0 Å². The highest BCUT2D eigenvalue weighted by Crippen LogP contribution is 2.29. The lowest BCUT2D eigenvalue weighted by atomic mass is 9.97. The molecule has 4 nitrogen and oxygen atoms in total. The second-order valence-electron chi connectivity index (χ2n) is 5.11. The predicted molar refractivity (Wildman–Crippen MR) is 66.8 cm³/mol. The molecule has 0 aromatic carbocycles. The van der Waals surface area contributed by atoms with Crippen LogP contribution >= 0.6 is 0 Å². The summed E-state index contributed by atoms with van der Waals surface area (Å²) in [6.07, 6.45) is 4.77. The van der Waals surface area contributed by atoms with E-state index in [9.17, 15) is 4.79 Å². The lowest BCUT2D eigenvalue weighted by Crippen LogP contribution is -2.42. The van der Waals surface area contributed by atoms with Crippen LogP contribution in [-0.2, 0) is 9.53 Å². The summed E-state index contributed by atoms with van der Waals surface area (Å²) >= 11 is 0. The average molecular weight is 240 g/mol. The molecule has 0 unspecified atom stereocenters. The third-order valence-corrected chi connectivity index (χ3v) is 3.65. The molecule has 1 amide bonds. The maximum atomic E-state index is 12.0. The van der Waals surface area contributed by atoms with Crippen LogP contribution in [0.4, 0.5) is 0 Å². The molecule has 4 heteroatoms. The number of hydrogen-bond donors (Lipinski definition) is 1. The molecule has 1 saturated heterocycles. The second kappa shape index (κ2) is 6.36. The van der Waals surface area contributed by atoms with Gasteiger partial charge in [0.25, 0.3) is 0 Å². The third kappa shape index (κ3) is 3.96. The number of carbonyl (C=O) groups is 1. The molecule has 1 saturated carbocycles. The Hall–Kier alpha value is -0.610. The van der Waals surface area contributed by atoms with E-state index >= 15 is 0 Å². The van der Waals surface area contributed by atoms with Gasteiger partial charge >= 0.3 is 0 Å². The highest BCUT2D eigenvalue weighted by Gasteiger charge is 2.33. The Labute approximate surface area is 104 Å². The molecule has 1 aliphatic carbocycles.